The van der Waals surface area contributed by atoms with E-state index in [0.717, 1.165) is 17.0 Å². The molecule has 0 aromatic heterocycles. The van der Waals surface area contributed by atoms with E-state index in [4.69, 9.17) is 5.11 Å². The summed E-state index contributed by atoms with van der Waals surface area (Å²) in [7, 11) is 0. The highest BCUT2D eigenvalue weighted by atomic mass is 32.2. The second-order valence-corrected chi connectivity index (χ2v) is 5.55. The van der Waals surface area contributed by atoms with Crippen molar-refractivity contribution in [2.24, 2.45) is 0 Å². The molecule has 0 saturated heterocycles. The molecule has 0 fully saturated rings. The van der Waals surface area contributed by atoms with Crippen molar-refractivity contribution >= 4 is 11.8 Å². The van der Waals surface area contributed by atoms with Crippen LogP contribution in [0.25, 0.3) is 0 Å². The van der Waals surface area contributed by atoms with E-state index in [0.29, 0.717) is 0 Å². The summed E-state index contributed by atoms with van der Waals surface area (Å²) in [5, 5.41) is 12.5. The summed E-state index contributed by atoms with van der Waals surface area (Å²) in [6.07, 6.45) is 0. The van der Waals surface area contributed by atoms with Crippen LogP contribution in [0.4, 0.5) is 4.39 Å². The molecule has 4 heteroatoms. The minimum Gasteiger partial charge on any atom is -0.395 e. The molecular weight excluding hydrogens is 237 g/mol. The molecule has 0 bridgehead atoms. The van der Waals surface area contributed by atoms with Gasteiger partial charge in [0.15, 0.2) is 0 Å². The number of rotatable bonds is 6. The summed E-state index contributed by atoms with van der Waals surface area (Å²) in [6.45, 7) is 6.97. The number of aliphatic hydroxyl groups is 1. The summed E-state index contributed by atoms with van der Waals surface area (Å²) in [4.78, 5) is 1.03. The van der Waals surface area contributed by atoms with Gasteiger partial charge in [-0.05, 0) is 37.2 Å². The van der Waals surface area contributed by atoms with Crippen molar-refractivity contribution in [3.8, 4) is 0 Å². The SMILES string of the molecule is CCNC(C)c1cc(F)ccc1SC(C)CO. The molecule has 96 valence electrons. The minimum atomic E-state index is -0.217. The summed E-state index contributed by atoms with van der Waals surface area (Å²) < 4.78 is 13.3. The average molecular weight is 257 g/mol. The second kappa shape index (κ2) is 6.99. The highest BCUT2D eigenvalue weighted by molar-refractivity contribution is 8.00. The lowest BCUT2D eigenvalue weighted by Gasteiger charge is -2.18. The Morgan fingerprint density at radius 1 is 1.41 bits per heavy atom. The van der Waals surface area contributed by atoms with E-state index in [-0.39, 0.29) is 23.7 Å². The van der Waals surface area contributed by atoms with Crippen molar-refractivity contribution < 1.29 is 9.50 Å². The number of hydrogen-bond donors (Lipinski definition) is 2. The fourth-order valence-corrected chi connectivity index (χ4v) is 2.66. The van der Waals surface area contributed by atoms with Gasteiger partial charge in [0.05, 0.1) is 6.61 Å². The maximum Gasteiger partial charge on any atom is 0.123 e. The lowest BCUT2D eigenvalue weighted by atomic mass is 10.1. The fraction of sp³-hybridized carbons (Fsp3) is 0.538. The molecule has 1 rings (SSSR count). The maximum atomic E-state index is 13.3. The van der Waals surface area contributed by atoms with Gasteiger partial charge in [0.1, 0.15) is 5.82 Å². The van der Waals surface area contributed by atoms with Crippen molar-refractivity contribution in [3.63, 3.8) is 0 Å². The summed E-state index contributed by atoms with van der Waals surface area (Å²) >= 11 is 1.58. The average Bonchev–Trinajstić information content (AvgIpc) is 2.31. The van der Waals surface area contributed by atoms with Gasteiger partial charge < -0.3 is 10.4 Å². The van der Waals surface area contributed by atoms with Crippen LogP contribution in [0.15, 0.2) is 23.1 Å². The van der Waals surface area contributed by atoms with Gasteiger partial charge in [-0.3, -0.25) is 0 Å². The molecule has 0 spiro atoms. The molecule has 0 aliphatic rings. The lowest BCUT2D eigenvalue weighted by molar-refractivity contribution is 0.300. The monoisotopic (exact) mass is 257 g/mol. The first-order valence-corrected chi connectivity index (χ1v) is 6.76. The van der Waals surface area contributed by atoms with Gasteiger partial charge in [-0.25, -0.2) is 4.39 Å². The van der Waals surface area contributed by atoms with Crippen LogP contribution in [0.5, 0.6) is 0 Å². The fourth-order valence-electron chi connectivity index (χ4n) is 1.64. The van der Waals surface area contributed by atoms with E-state index < -0.39 is 0 Å². The highest BCUT2D eigenvalue weighted by Gasteiger charge is 2.13. The Morgan fingerprint density at radius 3 is 2.71 bits per heavy atom. The molecule has 0 radical (unpaired) electrons. The summed E-state index contributed by atoms with van der Waals surface area (Å²) in [6, 6.07) is 4.94. The summed E-state index contributed by atoms with van der Waals surface area (Å²) in [5.74, 6) is -0.217. The predicted molar refractivity (Wildman–Crippen MR) is 70.9 cm³/mol. The van der Waals surface area contributed by atoms with Crippen molar-refractivity contribution in [1.82, 2.24) is 5.32 Å². The van der Waals surface area contributed by atoms with E-state index in [2.05, 4.69) is 5.32 Å². The standard InChI is InChI=1S/C13H20FNOS/c1-4-15-10(3)12-7-11(14)5-6-13(12)17-9(2)8-16/h5-7,9-10,15-16H,4,8H2,1-3H3. The third-order valence-electron chi connectivity index (χ3n) is 2.53. The molecule has 0 amide bonds. The van der Waals surface area contributed by atoms with E-state index in [1.807, 2.05) is 20.8 Å². The van der Waals surface area contributed by atoms with Crippen LogP contribution in [-0.4, -0.2) is 23.5 Å². The van der Waals surface area contributed by atoms with Gasteiger partial charge in [0.2, 0.25) is 0 Å². The molecular formula is C13H20FNOS. The van der Waals surface area contributed by atoms with Gasteiger partial charge >= 0.3 is 0 Å². The molecule has 2 nitrogen and oxygen atoms in total. The van der Waals surface area contributed by atoms with Gasteiger partial charge in [-0.1, -0.05) is 13.8 Å². The molecule has 17 heavy (non-hydrogen) atoms. The zero-order valence-electron chi connectivity index (χ0n) is 10.5. The largest absolute Gasteiger partial charge is 0.395 e. The number of thioether (sulfide) groups is 1. The molecule has 2 unspecified atom stereocenters. The van der Waals surface area contributed by atoms with Crippen molar-refractivity contribution in [1.29, 1.82) is 0 Å². The first-order chi connectivity index (χ1) is 8.08. The van der Waals surface area contributed by atoms with Crippen LogP contribution in [0.1, 0.15) is 32.4 Å². The van der Waals surface area contributed by atoms with Gasteiger partial charge in [-0.2, -0.15) is 0 Å². The highest BCUT2D eigenvalue weighted by Crippen LogP contribution is 2.31. The molecule has 0 heterocycles. The van der Waals surface area contributed by atoms with Crippen LogP contribution in [0.3, 0.4) is 0 Å². The molecule has 2 atom stereocenters. The van der Waals surface area contributed by atoms with Crippen LogP contribution in [-0.2, 0) is 0 Å². The van der Waals surface area contributed by atoms with E-state index in [1.165, 1.54) is 6.07 Å². The Hall–Kier alpha value is -0.580. The number of aliphatic hydroxyl groups excluding tert-OH is 1. The molecule has 2 N–H and O–H groups in total. The molecule has 0 aliphatic heterocycles. The van der Waals surface area contributed by atoms with E-state index in [9.17, 15) is 4.39 Å². The van der Waals surface area contributed by atoms with Gasteiger partial charge in [0, 0.05) is 16.2 Å². The topological polar surface area (TPSA) is 32.3 Å². The Bertz CT molecular complexity index is 359. The quantitative estimate of drug-likeness (QED) is 0.768. The predicted octanol–water partition coefficient (Wildman–Crippen LogP) is 2.97. The van der Waals surface area contributed by atoms with Crippen LogP contribution >= 0.6 is 11.8 Å². The first-order valence-electron chi connectivity index (χ1n) is 5.88. The molecule has 0 saturated carbocycles. The molecule has 1 aromatic rings. The summed E-state index contributed by atoms with van der Waals surface area (Å²) in [5.41, 5.74) is 0.956. The third-order valence-corrected chi connectivity index (χ3v) is 3.71. The lowest BCUT2D eigenvalue weighted by Crippen LogP contribution is -2.19. The van der Waals surface area contributed by atoms with Crippen LogP contribution in [0, 0.1) is 5.82 Å². The minimum absolute atomic E-state index is 0.115. The Balaban J connectivity index is 2.94. The Morgan fingerprint density at radius 2 is 2.12 bits per heavy atom. The van der Waals surface area contributed by atoms with Crippen LogP contribution in [0.2, 0.25) is 0 Å². The first kappa shape index (κ1) is 14.5. The van der Waals surface area contributed by atoms with Crippen LogP contribution < -0.4 is 5.32 Å². The van der Waals surface area contributed by atoms with E-state index >= 15 is 0 Å². The number of hydrogen-bond acceptors (Lipinski definition) is 3. The van der Waals surface area contributed by atoms with Crippen molar-refractivity contribution in [2.45, 2.75) is 37.0 Å². The third kappa shape index (κ3) is 4.30. The number of nitrogens with one attached hydrogen (secondary N) is 1. The van der Waals surface area contributed by atoms with E-state index in [1.54, 1.807) is 23.9 Å². The van der Waals surface area contributed by atoms with Gasteiger partial charge in [0.25, 0.3) is 0 Å². The smallest absolute Gasteiger partial charge is 0.123 e. The van der Waals surface area contributed by atoms with Gasteiger partial charge in [-0.15, -0.1) is 11.8 Å². The van der Waals surface area contributed by atoms with Crippen molar-refractivity contribution in [3.05, 3.63) is 29.6 Å². The second-order valence-electron chi connectivity index (χ2n) is 4.07. The normalized spacial score (nSPS) is 14.6. The Labute approximate surface area is 107 Å². The zero-order chi connectivity index (χ0) is 12.8. The number of halogens is 1. The number of benzene rings is 1. The maximum absolute atomic E-state index is 13.3. The Kier molecular flexibility index (Phi) is 5.95. The zero-order valence-corrected chi connectivity index (χ0v) is 11.4. The molecule has 1 aromatic carbocycles. The molecule has 0 aliphatic carbocycles. The van der Waals surface area contributed by atoms with Crippen molar-refractivity contribution in [2.75, 3.05) is 13.2 Å².